The molecule has 1 N–H and O–H groups in total. The molecule has 0 aliphatic rings. The second-order valence-electron chi connectivity index (χ2n) is 4.94. The first-order valence-corrected chi connectivity index (χ1v) is 7.84. The minimum atomic E-state index is -4.89. The summed E-state index contributed by atoms with van der Waals surface area (Å²) >= 11 is 9.32. The van der Waals surface area contributed by atoms with Gasteiger partial charge in [-0.15, -0.1) is 13.2 Å². The highest BCUT2D eigenvalue weighted by molar-refractivity contribution is 9.10. The van der Waals surface area contributed by atoms with E-state index in [2.05, 4.69) is 20.7 Å². The monoisotopic (exact) mass is 434 g/mol. The molecule has 4 nitrogen and oxygen atoms in total. The number of hydrogen-bond donors (Lipinski definition) is 1. The van der Waals surface area contributed by atoms with E-state index in [0.29, 0.717) is 4.47 Å². The van der Waals surface area contributed by atoms with E-state index in [1.165, 1.54) is 6.07 Å². The van der Waals surface area contributed by atoms with Crippen molar-refractivity contribution in [1.82, 2.24) is 0 Å². The van der Waals surface area contributed by atoms with Gasteiger partial charge in [0.25, 0.3) is 0 Å². The van der Waals surface area contributed by atoms with Crippen LogP contribution in [0.4, 0.5) is 13.2 Å². The van der Waals surface area contributed by atoms with Crippen LogP contribution in [0.2, 0.25) is 5.02 Å². The molecule has 0 aliphatic heterocycles. The van der Waals surface area contributed by atoms with Crippen LogP contribution in [0.15, 0.2) is 50.1 Å². The summed E-state index contributed by atoms with van der Waals surface area (Å²) in [5.74, 6) is -1.19. The van der Waals surface area contributed by atoms with Crippen molar-refractivity contribution in [3.05, 3.63) is 56.1 Å². The van der Waals surface area contributed by atoms with E-state index in [0.717, 1.165) is 24.3 Å². The van der Waals surface area contributed by atoms with Gasteiger partial charge in [0.15, 0.2) is 11.0 Å². The molecule has 0 bridgehead atoms. The van der Waals surface area contributed by atoms with E-state index >= 15 is 0 Å². The molecule has 0 fully saturated rings. The first-order chi connectivity index (χ1) is 11.7. The average Bonchev–Trinajstić information content (AvgIpc) is 2.49. The molecule has 1 aromatic heterocycles. The summed E-state index contributed by atoms with van der Waals surface area (Å²) in [7, 11) is 0. The maximum Gasteiger partial charge on any atom is 0.573 e. The van der Waals surface area contributed by atoms with Crippen molar-refractivity contribution in [2.45, 2.75) is 6.36 Å². The summed E-state index contributed by atoms with van der Waals surface area (Å²) in [5, 5.41) is 10.4. The molecule has 0 atom stereocenters. The molecule has 25 heavy (non-hydrogen) atoms. The minimum Gasteiger partial charge on any atom is -0.507 e. The summed E-state index contributed by atoms with van der Waals surface area (Å²) in [6.45, 7) is 0. The standard InChI is InChI=1S/C16H7BrClF3O4/c17-10-4-3-9-12(23)6-13(24-15(9)14(10)18)8-2-1-7(5-11(8)22)25-16(19,20)21/h1-6,22H. The first kappa shape index (κ1) is 17.6. The minimum absolute atomic E-state index is 0.0181. The molecule has 0 unspecified atom stereocenters. The third kappa shape index (κ3) is 3.59. The van der Waals surface area contributed by atoms with E-state index in [9.17, 15) is 23.1 Å². The lowest BCUT2D eigenvalue weighted by atomic mass is 10.1. The summed E-state index contributed by atoms with van der Waals surface area (Å²) in [6.07, 6.45) is -4.89. The van der Waals surface area contributed by atoms with Crippen LogP contribution >= 0.6 is 27.5 Å². The fraction of sp³-hybridized carbons (Fsp3) is 0.0625. The molecule has 0 saturated heterocycles. The number of phenolic OH excluding ortho intramolecular Hbond substituents is 1. The van der Waals surface area contributed by atoms with Crippen molar-refractivity contribution in [1.29, 1.82) is 0 Å². The van der Waals surface area contributed by atoms with Crippen molar-refractivity contribution in [3.63, 3.8) is 0 Å². The van der Waals surface area contributed by atoms with Crippen LogP contribution in [0.1, 0.15) is 0 Å². The van der Waals surface area contributed by atoms with E-state index in [-0.39, 0.29) is 27.3 Å². The highest BCUT2D eigenvalue weighted by Crippen LogP contribution is 2.37. The quantitative estimate of drug-likeness (QED) is 0.579. The van der Waals surface area contributed by atoms with E-state index in [4.69, 9.17) is 16.0 Å². The molecule has 130 valence electrons. The number of aromatic hydroxyl groups is 1. The third-order valence-corrected chi connectivity index (χ3v) is 4.52. The van der Waals surface area contributed by atoms with Crippen molar-refractivity contribution in [2.75, 3.05) is 0 Å². The van der Waals surface area contributed by atoms with Crippen LogP contribution in [0, 0.1) is 0 Å². The number of hydrogen-bond acceptors (Lipinski definition) is 4. The molecular formula is C16H7BrClF3O4. The highest BCUT2D eigenvalue weighted by atomic mass is 79.9. The smallest absolute Gasteiger partial charge is 0.507 e. The second kappa shape index (κ2) is 6.27. The van der Waals surface area contributed by atoms with Crippen LogP contribution in [-0.4, -0.2) is 11.5 Å². The molecule has 0 saturated carbocycles. The lowest BCUT2D eigenvalue weighted by Crippen LogP contribution is -2.17. The largest absolute Gasteiger partial charge is 0.573 e. The van der Waals surface area contributed by atoms with Crippen LogP contribution in [0.25, 0.3) is 22.3 Å². The zero-order valence-electron chi connectivity index (χ0n) is 12.0. The Morgan fingerprint density at radius 2 is 1.88 bits per heavy atom. The van der Waals surface area contributed by atoms with Crippen LogP contribution in [-0.2, 0) is 0 Å². The fourth-order valence-electron chi connectivity index (χ4n) is 2.21. The normalized spacial score (nSPS) is 11.7. The number of ether oxygens (including phenoxy) is 1. The van der Waals surface area contributed by atoms with Crippen LogP contribution in [0.3, 0.4) is 0 Å². The fourth-order valence-corrected chi connectivity index (χ4v) is 2.73. The van der Waals surface area contributed by atoms with Gasteiger partial charge in [-0.25, -0.2) is 0 Å². The molecular weight excluding hydrogens is 429 g/mol. The summed E-state index contributed by atoms with van der Waals surface area (Å²) in [6, 6.07) is 7.13. The van der Waals surface area contributed by atoms with Gasteiger partial charge in [0.2, 0.25) is 0 Å². The maximum atomic E-state index is 12.2. The molecule has 3 rings (SSSR count). The Labute approximate surface area is 151 Å². The van der Waals surface area contributed by atoms with Crippen LogP contribution in [0.5, 0.6) is 11.5 Å². The van der Waals surface area contributed by atoms with Gasteiger partial charge in [-0.3, -0.25) is 4.79 Å². The number of rotatable bonds is 2. The first-order valence-electron chi connectivity index (χ1n) is 6.67. The Kier molecular flexibility index (Phi) is 4.42. The topological polar surface area (TPSA) is 59.7 Å². The Morgan fingerprint density at radius 3 is 2.52 bits per heavy atom. The predicted octanol–water partition coefficient (Wildman–Crippen LogP) is 5.48. The molecule has 3 aromatic rings. The van der Waals surface area contributed by atoms with Crippen molar-refractivity contribution < 1.29 is 27.4 Å². The van der Waals surface area contributed by atoms with Gasteiger partial charge < -0.3 is 14.3 Å². The van der Waals surface area contributed by atoms with Crippen molar-refractivity contribution >= 4 is 38.5 Å². The van der Waals surface area contributed by atoms with Gasteiger partial charge >= 0.3 is 6.36 Å². The van der Waals surface area contributed by atoms with Crippen LogP contribution < -0.4 is 10.2 Å². The van der Waals surface area contributed by atoms with E-state index < -0.39 is 23.3 Å². The molecule has 0 aliphatic carbocycles. The number of alkyl halides is 3. The van der Waals surface area contributed by atoms with Gasteiger partial charge in [0, 0.05) is 16.6 Å². The number of benzene rings is 2. The van der Waals surface area contributed by atoms with Gasteiger partial charge in [0.05, 0.1) is 16.0 Å². The number of halogens is 5. The summed E-state index contributed by atoms with van der Waals surface area (Å²) in [4.78, 5) is 12.2. The average molecular weight is 436 g/mol. The lowest BCUT2D eigenvalue weighted by Gasteiger charge is -2.11. The molecule has 9 heteroatoms. The van der Waals surface area contributed by atoms with Gasteiger partial charge in [-0.1, -0.05) is 11.6 Å². The van der Waals surface area contributed by atoms with Crippen molar-refractivity contribution in [3.8, 4) is 22.8 Å². The Hall–Kier alpha value is -2.19. The molecule has 0 amide bonds. The van der Waals surface area contributed by atoms with Gasteiger partial charge in [-0.2, -0.15) is 0 Å². The maximum absolute atomic E-state index is 12.2. The summed E-state index contributed by atoms with van der Waals surface area (Å²) < 4.78 is 46.5. The molecule has 0 spiro atoms. The number of fused-ring (bicyclic) bond motifs is 1. The zero-order chi connectivity index (χ0) is 18.4. The lowest BCUT2D eigenvalue weighted by molar-refractivity contribution is -0.274. The molecule has 0 radical (unpaired) electrons. The van der Waals surface area contributed by atoms with Gasteiger partial charge in [0.1, 0.15) is 17.3 Å². The highest BCUT2D eigenvalue weighted by Gasteiger charge is 2.31. The van der Waals surface area contributed by atoms with Crippen molar-refractivity contribution in [2.24, 2.45) is 0 Å². The summed E-state index contributed by atoms with van der Waals surface area (Å²) in [5.41, 5.74) is -0.307. The third-order valence-electron chi connectivity index (χ3n) is 3.26. The Balaban J connectivity index is 2.14. The molecule has 2 aromatic carbocycles. The number of phenols is 1. The Morgan fingerprint density at radius 1 is 1.16 bits per heavy atom. The van der Waals surface area contributed by atoms with Gasteiger partial charge in [-0.05, 0) is 40.2 Å². The second-order valence-corrected chi connectivity index (χ2v) is 6.17. The zero-order valence-corrected chi connectivity index (χ0v) is 14.4. The SMILES string of the molecule is O=c1cc(-c2ccc(OC(F)(F)F)cc2O)oc2c(Cl)c(Br)ccc12. The van der Waals surface area contributed by atoms with E-state index in [1.807, 2.05) is 0 Å². The molecule has 1 heterocycles. The van der Waals surface area contributed by atoms with E-state index in [1.54, 1.807) is 6.07 Å². The Bertz CT molecular complexity index is 1030. The predicted molar refractivity (Wildman–Crippen MR) is 89.0 cm³/mol.